The van der Waals surface area contributed by atoms with E-state index in [0.717, 1.165) is 13.1 Å². The number of hydrogen-bond acceptors (Lipinski definition) is 4. The average molecular weight is 132 g/mol. The van der Waals surface area contributed by atoms with E-state index < -0.39 is 12.5 Å². The quantitative estimate of drug-likeness (QED) is 0.362. The van der Waals surface area contributed by atoms with Crippen molar-refractivity contribution in [1.82, 2.24) is 10.2 Å². The summed E-state index contributed by atoms with van der Waals surface area (Å²) in [5, 5.41) is 20.7. The van der Waals surface area contributed by atoms with Crippen LogP contribution < -0.4 is 5.32 Å². The maximum atomic E-state index is 9.06. The van der Waals surface area contributed by atoms with Gasteiger partial charge in [-0.15, -0.1) is 0 Å². The second-order valence-electron chi connectivity index (χ2n) is 2.29. The first-order valence-corrected chi connectivity index (χ1v) is 3.01. The Morgan fingerprint density at radius 3 is 2.67 bits per heavy atom. The second-order valence-corrected chi connectivity index (χ2v) is 2.29. The molecule has 2 unspecified atom stereocenters. The highest BCUT2D eigenvalue weighted by Crippen LogP contribution is 1.99. The Kier molecular flexibility index (Phi) is 2.02. The van der Waals surface area contributed by atoms with E-state index in [-0.39, 0.29) is 0 Å². The first-order chi connectivity index (χ1) is 4.22. The molecule has 1 fully saturated rings. The molecule has 54 valence electrons. The Morgan fingerprint density at radius 1 is 1.56 bits per heavy atom. The zero-order valence-corrected chi connectivity index (χ0v) is 5.41. The van der Waals surface area contributed by atoms with Crippen molar-refractivity contribution in [3.63, 3.8) is 0 Å². The summed E-state index contributed by atoms with van der Waals surface area (Å²) in [7, 11) is 1.77. The summed E-state index contributed by atoms with van der Waals surface area (Å²) < 4.78 is 0. The molecule has 9 heavy (non-hydrogen) atoms. The number of piperazine rings is 1. The van der Waals surface area contributed by atoms with Crippen molar-refractivity contribution in [3.8, 4) is 0 Å². The van der Waals surface area contributed by atoms with Gasteiger partial charge in [-0.05, 0) is 7.05 Å². The fourth-order valence-electron chi connectivity index (χ4n) is 0.868. The Bertz CT molecular complexity index is 89.0. The molecule has 3 N–H and O–H groups in total. The van der Waals surface area contributed by atoms with Crippen LogP contribution in [0.4, 0.5) is 0 Å². The molecule has 4 heteroatoms. The smallest absolute Gasteiger partial charge is 0.146 e. The molecule has 1 rings (SSSR count). The summed E-state index contributed by atoms with van der Waals surface area (Å²) in [6, 6.07) is 0. The van der Waals surface area contributed by atoms with Crippen LogP contribution in [0.15, 0.2) is 0 Å². The summed E-state index contributed by atoms with van der Waals surface area (Å²) in [5.41, 5.74) is 0. The van der Waals surface area contributed by atoms with E-state index in [9.17, 15) is 0 Å². The maximum Gasteiger partial charge on any atom is 0.146 e. The van der Waals surface area contributed by atoms with Crippen molar-refractivity contribution >= 4 is 0 Å². The first kappa shape index (κ1) is 6.95. The van der Waals surface area contributed by atoms with Gasteiger partial charge in [0.15, 0.2) is 0 Å². The molecule has 1 heterocycles. The van der Waals surface area contributed by atoms with E-state index in [1.54, 1.807) is 11.9 Å². The topological polar surface area (TPSA) is 55.7 Å². The number of nitrogens with zero attached hydrogens (tertiary/aromatic N) is 1. The molecule has 0 aliphatic carbocycles. The highest BCUT2D eigenvalue weighted by Gasteiger charge is 2.23. The molecule has 0 saturated carbocycles. The van der Waals surface area contributed by atoms with Crippen molar-refractivity contribution in [2.75, 3.05) is 20.1 Å². The van der Waals surface area contributed by atoms with Crippen molar-refractivity contribution in [2.45, 2.75) is 12.5 Å². The molecule has 1 saturated heterocycles. The van der Waals surface area contributed by atoms with Gasteiger partial charge < -0.3 is 10.2 Å². The lowest BCUT2D eigenvalue weighted by atomic mass is 10.3. The Balaban J connectivity index is 2.41. The van der Waals surface area contributed by atoms with E-state index in [4.69, 9.17) is 10.2 Å². The number of aliphatic hydroxyl groups excluding tert-OH is 2. The predicted octanol–water partition coefficient (Wildman–Crippen LogP) is -1.84. The molecule has 0 radical (unpaired) electrons. The lowest BCUT2D eigenvalue weighted by molar-refractivity contribution is -0.106. The van der Waals surface area contributed by atoms with E-state index in [0.29, 0.717) is 0 Å². The third-order valence-corrected chi connectivity index (χ3v) is 1.55. The lowest BCUT2D eigenvalue weighted by Gasteiger charge is -2.32. The third-order valence-electron chi connectivity index (χ3n) is 1.55. The zero-order valence-electron chi connectivity index (χ0n) is 5.41. The highest BCUT2D eigenvalue weighted by molar-refractivity contribution is 4.71. The molecule has 4 nitrogen and oxygen atoms in total. The summed E-state index contributed by atoms with van der Waals surface area (Å²) in [6.45, 7) is 1.51. The van der Waals surface area contributed by atoms with Crippen molar-refractivity contribution < 1.29 is 10.2 Å². The third kappa shape index (κ3) is 1.40. The Labute approximate surface area is 54.1 Å². The first-order valence-electron chi connectivity index (χ1n) is 3.01. The minimum absolute atomic E-state index is 0.731. The van der Waals surface area contributed by atoms with Crippen LogP contribution >= 0.6 is 0 Å². The van der Waals surface area contributed by atoms with Gasteiger partial charge >= 0.3 is 0 Å². The standard InChI is InChI=1S/C5H12N2O2/c1-7-3-2-6-4(8)5(7)9/h4-6,8-9H,2-3H2,1H3. The second kappa shape index (κ2) is 2.62. The van der Waals surface area contributed by atoms with E-state index >= 15 is 0 Å². The molecule has 1 aliphatic heterocycles. The number of nitrogens with one attached hydrogen (secondary N) is 1. The fourth-order valence-corrected chi connectivity index (χ4v) is 0.868. The molecule has 0 spiro atoms. The van der Waals surface area contributed by atoms with Gasteiger partial charge in [-0.1, -0.05) is 0 Å². The van der Waals surface area contributed by atoms with Gasteiger partial charge in [-0.3, -0.25) is 10.2 Å². The van der Waals surface area contributed by atoms with Gasteiger partial charge in [-0.2, -0.15) is 0 Å². The van der Waals surface area contributed by atoms with Crippen LogP contribution in [0.3, 0.4) is 0 Å². The van der Waals surface area contributed by atoms with Gasteiger partial charge in [0.25, 0.3) is 0 Å². The largest absolute Gasteiger partial charge is 0.374 e. The number of rotatable bonds is 0. The monoisotopic (exact) mass is 132 g/mol. The molecule has 0 aromatic heterocycles. The molecule has 0 amide bonds. The molecule has 2 atom stereocenters. The molecular weight excluding hydrogens is 120 g/mol. The van der Waals surface area contributed by atoms with Crippen LogP contribution in [0.5, 0.6) is 0 Å². The molecule has 0 aromatic carbocycles. The normalized spacial score (nSPS) is 39.0. The molecular formula is C5H12N2O2. The minimum Gasteiger partial charge on any atom is -0.374 e. The van der Waals surface area contributed by atoms with Gasteiger partial charge in [0.2, 0.25) is 0 Å². The van der Waals surface area contributed by atoms with Crippen LogP contribution in [-0.4, -0.2) is 47.7 Å². The Hall–Kier alpha value is -0.160. The highest BCUT2D eigenvalue weighted by atomic mass is 16.4. The van der Waals surface area contributed by atoms with Crippen LogP contribution in [0, 0.1) is 0 Å². The van der Waals surface area contributed by atoms with E-state index in [1.807, 2.05) is 0 Å². The van der Waals surface area contributed by atoms with E-state index in [2.05, 4.69) is 5.32 Å². The number of aliphatic hydroxyl groups is 2. The van der Waals surface area contributed by atoms with Crippen molar-refractivity contribution in [2.24, 2.45) is 0 Å². The SMILES string of the molecule is CN1CCNC(O)C1O. The molecule has 0 bridgehead atoms. The van der Waals surface area contributed by atoms with Gasteiger partial charge in [0.1, 0.15) is 12.5 Å². The number of hydrogen-bond donors (Lipinski definition) is 3. The van der Waals surface area contributed by atoms with Crippen molar-refractivity contribution in [1.29, 1.82) is 0 Å². The van der Waals surface area contributed by atoms with Gasteiger partial charge in [-0.25, -0.2) is 0 Å². The average Bonchev–Trinajstić information content (AvgIpc) is 1.83. The maximum absolute atomic E-state index is 9.06. The van der Waals surface area contributed by atoms with Gasteiger partial charge in [0, 0.05) is 13.1 Å². The van der Waals surface area contributed by atoms with Crippen LogP contribution in [0.25, 0.3) is 0 Å². The Morgan fingerprint density at radius 2 is 2.22 bits per heavy atom. The van der Waals surface area contributed by atoms with Gasteiger partial charge in [0.05, 0.1) is 0 Å². The van der Waals surface area contributed by atoms with Crippen LogP contribution in [-0.2, 0) is 0 Å². The number of likely N-dealkylation sites (N-methyl/N-ethyl adjacent to an activating group) is 1. The molecule has 0 aromatic rings. The van der Waals surface area contributed by atoms with Crippen LogP contribution in [0.2, 0.25) is 0 Å². The van der Waals surface area contributed by atoms with E-state index in [1.165, 1.54) is 0 Å². The fraction of sp³-hybridized carbons (Fsp3) is 1.00. The summed E-state index contributed by atoms with van der Waals surface area (Å²) >= 11 is 0. The summed E-state index contributed by atoms with van der Waals surface area (Å²) in [4.78, 5) is 1.70. The predicted molar refractivity (Wildman–Crippen MR) is 32.6 cm³/mol. The summed E-state index contributed by atoms with van der Waals surface area (Å²) in [5.74, 6) is 0. The van der Waals surface area contributed by atoms with Crippen LogP contribution in [0.1, 0.15) is 0 Å². The summed E-state index contributed by atoms with van der Waals surface area (Å²) in [6.07, 6.45) is -1.54. The minimum atomic E-state index is -0.788. The zero-order chi connectivity index (χ0) is 6.85. The lowest BCUT2D eigenvalue weighted by Crippen LogP contribution is -2.56. The van der Waals surface area contributed by atoms with Crippen molar-refractivity contribution in [3.05, 3.63) is 0 Å². The molecule has 1 aliphatic rings.